The lowest BCUT2D eigenvalue weighted by Gasteiger charge is -2.19. The number of aromatic nitrogens is 2. The molecule has 4 rings (SSSR count). The molecule has 3 aromatic rings. The van der Waals surface area contributed by atoms with Crippen LogP contribution in [0.15, 0.2) is 67.0 Å². The van der Waals surface area contributed by atoms with Crippen LogP contribution in [0, 0.1) is 5.92 Å². The molecule has 0 aliphatic carbocycles. The van der Waals surface area contributed by atoms with Gasteiger partial charge < -0.3 is 5.32 Å². The molecule has 0 radical (unpaired) electrons. The van der Waals surface area contributed by atoms with Gasteiger partial charge in [0.1, 0.15) is 0 Å². The van der Waals surface area contributed by atoms with Crippen molar-refractivity contribution in [2.24, 2.45) is 5.92 Å². The highest BCUT2D eigenvalue weighted by atomic mass is 35.5. The van der Waals surface area contributed by atoms with Crippen molar-refractivity contribution in [3.8, 4) is 0 Å². The average Bonchev–Trinajstić information content (AvgIpc) is 3.12. The topological polar surface area (TPSA) is 41.0 Å². The number of hydrogen-bond acceptors (Lipinski definition) is 4. The van der Waals surface area contributed by atoms with Crippen molar-refractivity contribution in [2.75, 3.05) is 25.0 Å². The van der Waals surface area contributed by atoms with Gasteiger partial charge in [-0.3, -0.25) is 4.90 Å². The van der Waals surface area contributed by atoms with Crippen LogP contribution in [0.3, 0.4) is 0 Å². The Morgan fingerprint density at radius 2 is 1.71 bits per heavy atom. The molecule has 0 amide bonds. The molecule has 2 atom stereocenters. The summed E-state index contributed by atoms with van der Waals surface area (Å²) in [6.45, 7) is 3.73. The van der Waals surface area contributed by atoms with Crippen molar-refractivity contribution >= 4 is 29.2 Å². The highest BCUT2D eigenvalue weighted by molar-refractivity contribution is 6.42. The van der Waals surface area contributed by atoms with Crippen LogP contribution in [-0.2, 0) is 6.54 Å². The minimum Gasteiger partial charge on any atom is -0.354 e. The first-order valence-corrected chi connectivity index (χ1v) is 10.2. The third-order valence-electron chi connectivity index (χ3n) is 5.23. The van der Waals surface area contributed by atoms with E-state index in [4.69, 9.17) is 23.2 Å². The van der Waals surface area contributed by atoms with Crippen molar-refractivity contribution in [3.05, 3.63) is 88.2 Å². The Hall–Kier alpha value is -2.14. The number of anilines is 1. The number of halogens is 2. The number of rotatable bonds is 6. The first-order chi connectivity index (χ1) is 13.7. The van der Waals surface area contributed by atoms with E-state index < -0.39 is 0 Å². The van der Waals surface area contributed by atoms with E-state index >= 15 is 0 Å². The minimum atomic E-state index is 0.370. The molecule has 1 N–H and O–H groups in total. The highest BCUT2D eigenvalue weighted by Crippen LogP contribution is 2.36. The molecule has 1 fully saturated rings. The fourth-order valence-corrected chi connectivity index (χ4v) is 4.18. The summed E-state index contributed by atoms with van der Waals surface area (Å²) in [7, 11) is 0. The van der Waals surface area contributed by atoms with Crippen LogP contribution < -0.4 is 5.32 Å². The molecule has 1 aliphatic rings. The minimum absolute atomic E-state index is 0.370. The quantitative estimate of drug-likeness (QED) is 0.610. The molecule has 1 saturated heterocycles. The number of nitrogens with one attached hydrogen (secondary N) is 1. The predicted molar refractivity (Wildman–Crippen MR) is 115 cm³/mol. The molecule has 2 unspecified atom stereocenters. The van der Waals surface area contributed by atoms with Gasteiger partial charge in [0, 0.05) is 44.5 Å². The molecule has 4 nitrogen and oxygen atoms in total. The van der Waals surface area contributed by atoms with Crippen molar-refractivity contribution in [2.45, 2.75) is 12.5 Å². The van der Waals surface area contributed by atoms with E-state index in [0.717, 1.165) is 26.2 Å². The van der Waals surface area contributed by atoms with Gasteiger partial charge in [-0.1, -0.05) is 59.6 Å². The molecular formula is C22H22Cl2N4. The van der Waals surface area contributed by atoms with Crippen molar-refractivity contribution in [1.29, 1.82) is 0 Å². The standard InChI is InChI=1S/C22H22Cl2N4/c23-20-8-7-17(11-21(20)24)19-15-28(13-16-5-2-1-3-6-16)14-18(19)12-27-22-25-9-4-10-26-22/h1-11,18-19H,12-15H2,(H,25,26,27). The van der Waals surface area contributed by atoms with Crippen LogP contribution in [-0.4, -0.2) is 34.5 Å². The number of nitrogens with zero attached hydrogens (tertiary/aromatic N) is 3. The summed E-state index contributed by atoms with van der Waals surface area (Å²) < 4.78 is 0. The van der Waals surface area contributed by atoms with Gasteiger partial charge in [0.25, 0.3) is 0 Å². The summed E-state index contributed by atoms with van der Waals surface area (Å²) in [5.41, 5.74) is 2.56. The summed E-state index contributed by atoms with van der Waals surface area (Å²) in [4.78, 5) is 11.1. The van der Waals surface area contributed by atoms with E-state index in [2.05, 4.69) is 56.6 Å². The Labute approximate surface area is 175 Å². The number of hydrogen-bond donors (Lipinski definition) is 1. The maximum Gasteiger partial charge on any atom is 0.222 e. The third kappa shape index (κ3) is 4.64. The monoisotopic (exact) mass is 412 g/mol. The van der Waals surface area contributed by atoms with Gasteiger partial charge >= 0.3 is 0 Å². The Bertz CT molecular complexity index is 905. The smallest absolute Gasteiger partial charge is 0.222 e. The summed E-state index contributed by atoms with van der Waals surface area (Å²) in [5.74, 6) is 1.45. The van der Waals surface area contributed by atoms with Crippen LogP contribution in [0.1, 0.15) is 17.0 Å². The Balaban J connectivity index is 1.51. The molecule has 1 aromatic heterocycles. The van der Waals surface area contributed by atoms with Crippen molar-refractivity contribution in [3.63, 3.8) is 0 Å². The Morgan fingerprint density at radius 1 is 0.929 bits per heavy atom. The molecule has 1 aliphatic heterocycles. The second kappa shape index (κ2) is 8.91. The van der Waals surface area contributed by atoms with Crippen molar-refractivity contribution < 1.29 is 0 Å². The zero-order valence-electron chi connectivity index (χ0n) is 15.4. The Morgan fingerprint density at radius 3 is 2.46 bits per heavy atom. The van der Waals surface area contributed by atoms with Crippen LogP contribution in [0.5, 0.6) is 0 Å². The second-order valence-corrected chi connectivity index (χ2v) is 7.99. The summed E-state index contributed by atoms with van der Waals surface area (Å²) in [6, 6.07) is 18.4. The Kier molecular flexibility index (Phi) is 6.10. The number of benzene rings is 2. The van der Waals surface area contributed by atoms with Gasteiger partial charge in [0.2, 0.25) is 5.95 Å². The lowest BCUT2D eigenvalue weighted by molar-refractivity contribution is 0.317. The predicted octanol–water partition coefficient (Wildman–Crippen LogP) is 5.11. The second-order valence-electron chi connectivity index (χ2n) is 7.17. The molecule has 0 bridgehead atoms. The molecule has 6 heteroatoms. The molecule has 0 saturated carbocycles. The van der Waals surface area contributed by atoms with Crippen LogP contribution in [0.2, 0.25) is 10.0 Å². The fourth-order valence-electron chi connectivity index (χ4n) is 3.87. The molecular weight excluding hydrogens is 391 g/mol. The van der Waals surface area contributed by atoms with E-state index in [1.165, 1.54) is 11.1 Å². The summed E-state index contributed by atoms with van der Waals surface area (Å²) >= 11 is 12.4. The summed E-state index contributed by atoms with van der Waals surface area (Å²) in [5, 5.41) is 4.59. The molecule has 144 valence electrons. The first kappa shape index (κ1) is 19.2. The summed E-state index contributed by atoms with van der Waals surface area (Å²) in [6.07, 6.45) is 3.50. The van der Waals surface area contributed by atoms with Gasteiger partial charge in [0.05, 0.1) is 10.0 Å². The largest absolute Gasteiger partial charge is 0.354 e. The van der Waals surface area contributed by atoms with E-state index in [-0.39, 0.29) is 0 Å². The van der Waals surface area contributed by atoms with Crippen LogP contribution >= 0.6 is 23.2 Å². The van der Waals surface area contributed by atoms with Gasteiger partial charge in [-0.05, 0) is 35.2 Å². The van der Waals surface area contributed by atoms with Crippen LogP contribution in [0.4, 0.5) is 5.95 Å². The zero-order chi connectivity index (χ0) is 19.3. The maximum atomic E-state index is 6.30. The number of likely N-dealkylation sites (tertiary alicyclic amines) is 1. The van der Waals surface area contributed by atoms with E-state index in [9.17, 15) is 0 Å². The lowest BCUT2D eigenvalue weighted by Crippen LogP contribution is -2.23. The lowest BCUT2D eigenvalue weighted by atomic mass is 9.89. The molecule has 0 spiro atoms. The van der Waals surface area contributed by atoms with Gasteiger partial charge in [-0.15, -0.1) is 0 Å². The van der Waals surface area contributed by atoms with E-state index in [0.29, 0.717) is 27.8 Å². The molecule has 2 aromatic carbocycles. The van der Waals surface area contributed by atoms with E-state index in [1.807, 2.05) is 18.2 Å². The van der Waals surface area contributed by atoms with Gasteiger partial charge in [0.15, 0.2) is 0 Å². The normalized spacial score (nSPS) is 19.6. The zero-order valence-corrected chi connectivity index (χ0v) is 16.9. The van der Waals surface area contributed by atoms with Crippen molar-refractivity contribution in [1.82, 2.24) is 14.9 Å². The van der Waals surface area contributed by atoms with Gasteiger partial charge in [-0.25, -0.2) is 9.97 Å². The SMILES string of the molecule is Clc1ccc(C2CN(Cc3ccccc3)CC2CNc2ncccn2)cc1Cl. The maximum absolute atomic E-state index is 6.30. The first-order valence-electron chi connectivity index (χ1n) is 9.41. The molecule has 2 heterocycles. The fraction of sp³-hybridized carbons (Fsp3) is 0.273. The highest BCUT2D eigenvalue weighted by Gasteiger charge is 2.34. The molecule has 28 heavy (non-hydrogen) atoms. The van der Waals surface area contributed by atoms with Crippen LogP contribution in [0.25, 0.3) is 0 Å². The average molecular weight is 413 g/mol. The van der Waals surface area contributed by atoms with E-state index in [1.54, 1.807) is 12.4 Å². The third-order valence-corrected chi connectivity index (χ3v) is 5.96. The van der Waals surface area contributed by atoms with Gasteiger partial charge in [-0.2, -0.15) is 0 Å².